The van der Waals surface area contributed by atoms with E-state index in [9.17, 15) is 0 Å². The summed E-state index contributed by atoms with van der Waals surface area (Å²) in [6.07, 6.45) is 3.94. The van der Waals surface area contributed by atoms with Crippen LogP contribution in [0.1, 0.15) is 36.1 Å². The lowest BCUT2D eigenvalue weighted by Crippen LogP contribution is -2.11. The van der Waals surface area contributed by atoms with Crippen LogP contribution in [0.5, 0.6) is 5.88 Å². The molecule has 0 atom stereocenters. The van der Waals surface area contributed by atoms with Crippen LogP contribution in [0.4, 0.5) is 0 Å². The maximum Gasteiger partial charge on any atom is 0.218 e. The van der Waals surface area contributed by atoms with Gasteiger partial charge in [-0.25, -0.2) is 4.98 Å². The molecule has 0 bridgehead atoms. The zero-order chi connectivity index (χ0) is 12.3. The van der Waals surface area contributed by atoms with Crippen molar-refractivity contribution >= 4 is 0 Å². The SMILES string of the molecule is CNCc1c(C)cc(C)nc1OCCC1CC1. The van der Waals surface area contributed by atoms with Gasteiger partial charge in [0.2, 0.25) is 5.88 Å². The average molecular weight is 234 g/mol. The Morgan fingerprint density at radius 2 is 2.18 bits per heavy atom. The van der Waals surface area contributed by atoms with Gasteiger partial charge in [-0.05, 0) is 44.9 Å². The highest BCUT2D eigenvalue weighted by molar-refractivity contribution is 5.35. The van der Waals surface area contributed by atoms with E-state index in [1.807, 2.05) is 14.0 Å². The van der Waals surface area contributed by atoms with Gasteiger partial charge in [-0.15, -0.1) is 0 Å². The summed E-state index contributed by atoms with van der Waals surface area (Å²) in [5, 5.41) is 3.18. The normalized spacial score (nSPS) is 15.0. The van der Waals surface area contributed by atoms with Crippen molar-refractivity contribution in [3.8, 4) is 5.88 Å². The number of hydrogen-bond acceptors (Lipinski definition) is 3. The lowest BCUT2D eigenvalue weighted by Gasteiger charge is -2.13. The largest absolute Gasteiger partial charge is 0.477 e. The van der Waals surface area contributed by atoms with Crippen LogP contribution in [-0.2, 0) is 6.54 Å². The third-order valence-electron chi connectivity index (χ3n) is 3.25. The van der Waals surface area contributed by atoms with Crippen LogP contribution in [0.15, 0.2) is 6.07 Å². The molecule has 0 spiro atoms. The molecule has 0 aliphatic heterocycles. The van der Waals surface area contributed by atoms with Crippen molar-refractivity contribution in [3.05, 3.63) is 22.9 Å². The van der Waals surface area contributed by atoms with Crippen molar-refractivity contribution in [2.75, 3.05) is 13.7 Å². The summed E-state index contributed by atoms with van der Waals surface area (Å²) in [4.78, 5) is 4.51. The Hall–Kier alpha value is -1.09. The van der Waals surface area contributed by atoms with E-state index in [1.165, 1.54) is 30.4 Å². The highest BCUT2D eigenvalue weighted by Gasteiger charge is 2.21. The van der Waals surface area contributed by atoms with Gasteiger partial charge < -0.3 is 10.1 Å². The van der Waals surface area contributed by atoms with Crippen LogP contribution in [0.3, 0.4) is 0 Å². The highest BCUT2D eigenvalue weighted by atomic mass is 16.5. The predicted octanol–water partition coefficient (Wildman–Crippen LogP) is 2.60. The number of nitrogens with one attached hydrogen (secondary N) is 1. The van der Waals surface area contributed by atoms with E-state index in [0.29, 0.717) is 0 Å². The lowest BCUT2D eigenvalue weighted by atomic mass is 10.1. The fourth-order valence-corrected chi connectivity index (χ4v) is 2.07. The van der Waals surface area contributed by atoms with Crippen LogP contribution in [0, 0.1) is 19.8 Å². The van der Waals surface area contributed by atoms with Crippen molar-refractivity contribution in [2.24, 2.45) is 5.92 Å². The van der Waals surface area contributed by atoms with E-state index in [0.717, 1.165) is 30.6 Å². The van der Waals surface area contributed by atoms with E-state index in [2.05, 4.69) is 23.3 Å². The molecule has 3 heteroatoms. The molecule has 17 heavy (non-hydrogen) atoms. The fourth-order valence-electron chi connectivity index (χ4n) is 2.07. The number of aryl methyl sites for hydroxylation is 2. The lowest BCUT2D eigenvalue weighted by molar-refractivity contribution is 0.287. The van der Waals surface area contributed by atoms with Crippen molar-refractivity contribution in [2.45, 2.75) is 39.7 Å². The predicted molar refractivity (Wildman–Crippen MR) is 69.3 cm³/mol. The van der Waals surface area contributed by atoms with Gasteiger partial charge >= 0.3 is 0 Å². The first-order valence-corrected chi connectivity index (χ1v) is 6.45. The summed E-state index contributed by atoms with van der Waals surface area (Å²) >= 11 is 0. The Kier molecular flexibility index (Phi) is 4.00. The maximum absolute atomic E-state index is 5.85. The van der Waals surface area contributed by atoms with Crippen molar-refractivity contribution in [1.29, 1.82) is 0 Å². The van der Waals surface area contributed by atoms with Gasteiger partial charge in [0.15, 0.2) is 0 Å². The topological polar surface area (TPSA) is 34.2 Å². The highest BCUT2D eigenvalue weighted by Crippen LogP contribution is 2.32. The van der Waals surface area contributed by atoms with Crippen LogP contribution >= 0.6 is 0 Å². The molecule has 1 aromatic rings. The van der Waals surface area contributed by atoms with E-state index in [1.54, 1.807) is 0 Å². The molecule has 1 saturated carbocycles. The monoisotopic (exact) mass is 234 g/mol. The summed E-state index contributed by atoms with van der Waals surface area (Å²) in [6.45, 7) is 5.76. The van der Waals surface area contributed by atoms with Gasteiger partial charge in [0.1, 0.15) is 0 Å². The third kappa shape index (κ3) is 3.43. The summed E-state index contributed by atoms with van der Waals surface area (Å²) in [7, 11) is 1.95. The summed E-state index contributed by atoms with van der Waals surface area (Å²) in [5.74, 6) is 1.73. The molecule has 0 saturated heterocycles. The Morgan fingerprint density at radius 3 is 2.82 bits per heavy atom. The third-order valence-corrected chi connectivity index (χ3v) is 3.25. The summed E-state index contributed by atoms with van der Waals surface area (Å²) < 4.78 is 5.85. The first-order chi connectivity index (χ1) is 8.20. The van der Waals surface area contributed by atoms with Crippen LogP contribution in [0.2, 0.25) is 0 Å². The minimum absolute atomic E-state index is 0.803. The molecule has 0 amide bonds. The second-order valence-electron chi connectivity index (χ2n) is 4.98. The molecule has 94 valence electrons. The number of aromatic nitrogens is 1. The van der Waals surface area contributed by atoms with E-state index in [4.69, 9.17) is 4.74 Å². The number of hydrogen-bond donors (Lipinski definition) is 1. The minimum atomic E-state index is 0.803. The first-order valence-electron chi connectivity index (χ1n) is 6.45. The molecular weight excluding hydrogens is 212 g/mol. The van der Waals surface area contributed by atoms with Gasteiger partial charge in [-0.3, -0.25) is 0 Å². The van der Waals surface area contributed by atoms with Gasteiger partial charge in [0, 0.05) is 17.8 Å². The van der Waals surface area contributed by atoms with Gasteiger partial charge in [0.25, 0.3) is 0 Å². The maximum atomic E-state index is 5.85. The van der Waals surface area contributed by atoms with Crippen LogP contribution in [-0.4, -0.2) is 18.6 Å². The minimum Gasteiger partial charge on any atom is -0.477 e. The molecule has 0 unspecified atom stereocenters. The van der Waals surface area contributed by atoms with Crippen LogP contribution in [0.25, 0.3) is 0 Å². The van der Waals surface area contributed by atoms with E-state index in [-0.39, 0.29) is 0 Å². The Bertz CT molecular complexity index is 386. The van der Waals surface area contributed by atoms with E-state index < -0.39 is 0 Å². The molecule has 2 rings (SSSR count). The molecule has 1 fully saturated rings. The quantitative estimate of drug-likeness (QED) is 0.821. The summed E-state index contributed by atoms with van der Waals surface area (Å²) in [5.41, 5.74) is 3.48. The number of nitrogens with zero attached hydrogens (tertiary/aromatic N) is 1. The molecule has 1 aliphatic rings. The summed E-state index contributed by atoms with van der Waals surface area (Å²) in [6, 6.07) is 2.11. The van der Waals surface area contributed by atoms with Gasteiger partial charge in [-0.2, -0.15) is 0 Å². The standard InChI is InChI=1S/C14H22N2O/c1-10-8-11(2)16-14(13(10)9-15-3)17-7-6-12-4-5-12/h8,12,15H,4-7,9H2,1-3H3. The molecule has 0 aromatic carbocycles. The molecule has 1 aliphatic carbocycles. The van der Waals surface area contributed by atoms with Crippen molar-refractivity contribution < 1.29 is 4.74 Å². The second-order valence-corrected chi connectivity index (χ2v) is 4.98. The first kappa shape index (κ1) is 12.4. The Labute approximate surface area is 104 Å². The zero-order valence-corrected chi connectivity index (χ0v) is 11.0. The molecule has 1 N–H and O–H groups in total. The second kappa shape index (κ2) is 5.50. The Balaban J connectivity index is 2.05. The van der Waals surface area contributed by atoms with Crippen molar-refractivity contribution in [1.82, 2.24) is 10.3 Å². The van der Waals surface area contributed by atoms with Gasteiger partial charge in [-0.1, -0.05) is 12.8 Å². The molecular formula is C14H22N2O. The van der Waals surface area contributed by atoms with Crippen LogP contribution < -0.4 is 10.1 Å². The van der Waals surface area contributed by atoms with Gasteiger partial charge in [0.05, 0.1) is 6.61 Å². The zero-order valence-electron chi connectivity index (χ0n) is 11.0. The number of rotatable bonds is 6. The molecule has 0 radical (unpaired) electrons. The molecule has 1 aromatic heterocycles. The fraction of sp³-hybridized carbons (Fsp3) is 0.643. The Morgan fingerprint density at radius 1 is 1.41 bits per heavy atom. The smallest absolute Gasteiger partial charge is 0.218 e. The average Bonchev–Trinajstić information content (AvgIpc) is 3.07. The van der Waals surface area contributed by atoms with E-state index >= 15 is 0 Å². The molecule has 3 nitrogen and oxygen atoms in total. The molecule has 1 heterocycles. The van der Waals surface area contributed by atoms with Crippen molar-refractivity contribution in [3.63, 3.8) is 0 Å². The number of ether oxygens (including phenoxy) is 1. The number of pyridine rings is 1.